The summed E-state index contributed by atoms with van der Waals surface area (Å²) < 4.78 is 22.8. The van der Waals surface area contributed by atoms with E-state index in [4.69, 9.17) is 5.11 Å². The molecular weight excluding hydrogens is 262 g/mol. The standard InChI is InChI=1S/C8H13N5O4S/c14-3-2-13(6-1-4-18(16,17)5-6)8(15)7-9-11-12-10-7/h6,14H,1-5H2,(H,9,10,11,12). The summed E-state index contributed by atoms with van der Waals surface area (Å²) in [5.41, 5.74) is 0. The van der Waals surface area contributed by atoms with Crippen LogP contribution in [0.4, 0.5) is 0 Å². The van der Waals surface area contributed by atoms with Crippen molar-refractivity contribution in [2.45, 2.75) is 12.5 Å². The molecule has 0 aromatic carbocycles. The zero-order valence-corrected chi connectivity index (χ0v) is 10.3. The normalized spacial score (nSPS) is 21.9. The van der Waals surface area contributed by atoms with Gasteiger partial charge >= 0.3 is 0 Å². The van der Waals surface area contributed by atoms with Crippen LogP contribution < -0.4 is 0 Å². The van der Waals surface area contributed by atoms with Crippen molar-refractivity contribution in [3.05, 3.63) is 5.82 Å². The van der Waals surface area contributed by atoms with Crippen molar-refractivity contribution in [3.8, 4) is 0 Å². The van der Waals surface area contributed by atoms with E-state index in [-0.39, 0.29) is 30.5 Å². The minimum absolute atomic E-state index is 0.0492. The minimum atomic E-state index is -3.10. The lowest BCUT2D eigenvalue weighted by Crippen LogP contribution is -2.43. The van der Waals surface area contributed by atoms with Crippen molar-refractivity contribution in [1.82, 2.24) is 25.5 Å². The van der Waals surface area contributed by atoms with Crippen LogP contribution in [0.5, 0.6) is 0 Å². The van der Waals surface area contributed by atoms with Gasteiger partial charge in [-0.2, -0.15) is 5.21 Å². The van der Waals surface area contributed by atoms with E-state index in [9.17, 15) is 13.2 Å². The maximum atomic E-state index is 12.0. The van der Waals surface area contributed by atoms with Gasteiger partial charge in [0.15, 0.2) is 9.84 Å². The smallest absolute Gasteiger partial charge is 0.295 e. The first-order valence-electron chi connectivity index (χ1n) is 5.39. The molecule has 2 heterocycles. The first-order valence-corrected chi connectivity index (χ1v) is 7.21. The number of nitrogens with zero attached hydrogens (tertiary/aromatic N) is 4. The Kier molecular flexibility index (Phi) is 3.57. The molecule has 0 bridgehead atoms. The number of hydrogen-bond acceptors (Lipinski definition) is 7. The van der Waals surface area contributed by atoms with E-state index >= 15 is 0 Å². The van der Waals surface area contributed by atoms with Crippen LogP contribution in [0.25, 0.3) is 0 Å². The number of aromatic nitrogens is 4. The summed E-state index contributed by atoms with van der Waals surface area (Å²) in [6.07, 6.45) is 0.367. The third-order valence-corrected chi connectivity index (χ3v) is 4.54. The summed E-state index contributed by atoms with van der Waals surface area (Å²) in [5, 5.41) is 21.5. The minimum Gasteiger partial charge on any atom is -0.395 e. The van der Waals surface area contributed by atoms with Gasteiger partial charge in [-0.3, -0.25) is 4.79 Å². The van der Waals surface area contributed by atoms with Gasteiger partial charge < -0.3 is 10.0 Å². The Hall–Kier alpha value is -1.55. The molecular formula is C8H13N5O4S. The average molecular weight is 275 g/mol. The molecule has 1 fully saturated rings. The van der Waals surface area contributed by atoms with Crippen molar-refractivity contribution < 1.29 is 18.3 Å². The van der Waals surface area contributed by atoms with Crippen molar-refractivity contribution in [3.63, 3.8) is 0 Å². The summed E-state index contributed by atoms with van der Waals surface area (Å²) in [7, 11) is -3.10. The van der Waals surface area contributed by atoms with E-state index in [0.717, 1.165) is 0 Å². The topological polar surface area (TPSA) is 129 Å². The zero-order chi connectivity index (χ0) is 13.2. The molecule has 18 heavy (non-hydrogen) atoms. The third kappa shape index (κ3) is 2.64. The molecule has 1 atom stereocenters. The number of carbonyl (C=O) groups is 1. The number of nitrogens with one attached hydrogen (secondary N) is 1. The van der Waals surface area contributed by atoms with Crippen LogP contribution in [0.2, 0.25) is 0 Å². The van der Waals surface area contributed by atoms with Gasteiger partial charge in [-0.1, -0.05) is 0 Å². The predicted octanol–water partition coefficient (Wildman–Crippen LogP) is -2.18. The molecule has 1 saturated heterocycles. The van der Waals surface area contributed by atoms with Crippen molar-refractivity contribution in [2.75, 3.05) is 24.7 Å². The second-order valence-electron chi connectivity index (χ2n) is 4.01. The third-order valence-electron chi connectivity index (χ3n) is 2.79. The van der Waals surface area contributed by atoms with Crippen molar-refractivity contribution >= 4 is 15.7 Å². The fourth-order valence-corrected chi connectivity index (χ4v) is 3.69. The second kappa shape index (κ2) is 4.98. The van der Waals surface area contributed by atoms with Crippen LogP contribution in [0.1, 0.15) is 17.0 Å². The molecule has 1 aliphatic heterocycles. The van der Waals surface area contributed by atoms with Crippen LogP contribution in [-0.4, -0.2) is 75.7 Å². The number of H-pyrrole nitrogens is 1. The second-order valence-corrected chi connectivity index (χ2v) is 6.24. The van der Waals surface area contributed by atoms with Gasteiger partial charge in [0, 0.05) is 12.6 Å². The molecule has 0 saturated carbocycles. The van der Waals surface area contributed by atoms with E-state index in [1.54, 1.807) is 0 Å². The number of hydrogen-bond donors (Lipinski definition) is 2. The van der Waals surface area contributed by atoms with E-state index in [1.165, 1.54) is 4.90 Å². The monoisotopic (exact) mass is 275 g/mol. The molecule has 0 spiro atoms. The van der Waals surface area contributed by atoms with Gasteiger partial charge in [0.1, 0.15) is 0 Å². The van der Waals surface area contributed by atoms with Gasteiger partial charge in [-0.15, -0.1) is 10.2 Å². The highest BCUT2D eigenvalue weighted by molar-refractivity contribution is 7.91. The quantitative estimate of drug-likeness (QED) is 0.639. The maximum Gasteiger partial charge on any atom is 0.295 e. The Bertz CT molecular complexity index is 514. The van der Waals surface area contributed by atoms with E-state index < -0.39 is 21.8 Å². The predicted molar refractivity (Wildman–Crippen MR) is 59.4 cm³/mol. The van der Waals surface area contributed by atoms with Gasteiger partial charge in [-0.05, 0) is 11.6 Å². The van der Waals surface area contributed by atoms with E-state index in [2.05, 4.69) is 20.6 Å². The summed E-state index contributed by atoms with van der Waals surface area (Å²) in [6.45, 7) is -0.201. The zero-order valence-electron chi connectivity index (χ0n) is 9.48. The lowest BCUT2D eigenvalue weighted by Gasteiger charge is -2.25. The van der Waals surface area contributed by atoms with Crippen LogP contribution in [0.15, 0.2) is 0 Å². The Balaban J connectivity index is 2.16. The number of aliphatic hydroxyl groups excluding tert-OH is 1. The molecule has 2 N–H and O–H groups in total. The van der Waals surface area contributed by atoms with E-state index in [0.29, 0.717) is 6.42 Å². The average Bonchev–Trinajstić information content (AvgIpc) is 2.94. The maximum absolute atomic E-state index is 12.0. The van der Waals surface area contributed by atoms with Crippen LogP contribution in [0.3, 0.4) is 0 Å². The molecule has 1 aromatic rings. The van der Waals surface area contributed by atoms with Gasteiger partial charge in [-0.25, -0.2) is 8.42 Å². The molecule has 1 aliphatic rings. The molecule has 9 nitrogen and oxygen atoms in total. The van der Waals surface area contributed by atoms with Crippen molar-refractivity contribution in [1.29, 1.82) is 0 Å². The number of sulfone groups is 1. The molecule has 0 radical (unpaired) electrons. The largest absolute Gasteiger partial charge is 0.395 e. The molecule has 1 amide bonds. The number of amides is 1. The Morgan fingerprint density at radius 1 is 1.56 bits per heavy atom. The number of aromatic amines is 1. The number of tetrazole rings is 1. The number of carbonyl (C=O) groups excluding carboxylic acids is 1. The van der Waals surface area contributed by atoms with Gasteiger partial charge in [0.05, 0.1) is 18.1 Å². The summed E-state index contributed by atoms with van der Waals surface area (Å²) in [6, 6.07) is -0.437. The molecule has 0 aliphatic carbocycles. The van der Waals surface area contributed by atoms with Crippen LogP contribution >= 0.6 is 0 Å². The summed E-state index contributed by atoms with van der Waals surface area (Å²) in [4.78, 5) is 13.3. The molecule has 1 aromatic heterocycles. The molecule has 2 rings (SSSR count). The highest BCUT2D eigenvalue weighted by atomic mass is 32.2. The number of aliphatic hydroxyl groups is 1. The fraction of sp³-hybridized carbons (Fsp3) is 0.750. The Labute approximate surface area is 103 Å². The SMILES string of the molecule is O=C(c1nn[nH]n1)N(CCO)C1CCS(=O)(=O)C1. The highest BCUT2D eigenvalue weighted by Gasteiger charge is 2.35. The molecule has 10 heteroatoms. The number of rotatable bonds is 4. The Morgan fingerprint density at radius 2 is 2.33 bits per heavy atom. The first kappa shape index (κ1) is 12.9. The summed E-state index contributed by atoms with van der Waals surface area (Å²) in [5.74, 6) is -0.692. The first-order chi connectivity index (χ1) is 8.53. The Morgan fingerprint density at radius 3 is 2.83 bits per heavy atom. The van der Waals surface area contributed by atoms with Gasteiger partial charge in [0.2, 0.25) is 0 Å². The highest BCUT2D eigenvalue weighted by Crippen LogP contribution is 2.18. The molecule has 100 valence electrons. The van der Waals surface area contributed by atoms with E-state index in [1.807, 2.05) is 0 Å². The van der Waals surface area contributed by atoms with Crippen LogP contribution in [-0.2, 0) is 9.84 Å². The van der Waals surface area contributed by atoms with Crippen molar-refractivity contribution in [2.24, 2.45) is 0 Å². The fourth-order valence-electron chi connectivity index (χ4n) is 1.96. The lowest BCUT2D eigenvalue weighted by atomic mass is 10.2. The molecule has 1 unspecified atom stereocenters. The summed E-state index contributed by atoms with van der Waals surface area (Å²) >= 11 is 0. The van der Waals surface area contributed by atoms with Crippen LogP contribution in [0, 0.1) is 0 Å². The lowest BCUT2D eigenvalue weighted by molar-refractivity contribution is 0.0643. The van der Waals surface area contributed by atoms with Gasteiger partial charge in [0.25, 0.3) is 11.7 Å².